The van der Waals surface area contributed by atoms with E-state index in [1.165, 1.54) is 4.90 Å². The van der Waals surface area contributed by atoms with E-state index in [-0.39, 0.29) is 23.1 Å². The van der Waals surface area contributed by atoms with Crippen LogP contribution in [-0.4, -0.2) is 37.0 Å². The molecule has 1 aliphatic heterocycles. The summed E-state index contributed by atoms with van der Waals surface area (Å²) in [5.41, 5.74) is 0.850. The maximum absolute atomic E-state index is 13.2. The molecule has 3 aromatic rings. The van der Waals surface area contributed by atoms with Crippen molar-refractivity contribution >= 4 is 28.2 Å². The molecule has 6 heteroatoms. The van der Waals surface area contributed by atoms with E-state index in [0.717, 1.165) is 24.5 Å². The summed E-state index contributed by atoms with van der Waals surface area (Å²) in [7, 11) is 0. The van der Waals surface area contributed by atoms with Crippen molar-refractivity contribution in [2.45, 2.75) is 19.9 Å². The van der Waals surface area contributed by atoms with Crippen molar-refractivity contribution in [2.24, 2.45) is 0 Å². The molecular weight excluding hydrogens is 360 g/mol. The Kier molecular flexibility index (Phi) is 4.85. The molecule has 0 spiro atoms. The Hall–Kier alpha value is -2.44. The third-order valence-corrected chi connectivity index (χ3v) is 6.32. The molecule has 1 atom stereocenters. The zero-order valence-corrected chi connectivity index (χ0v) is 16.3. The Morgan fingerprint density at radius 1 is 1.11 bits per heavy atom. The van der Waals surface area contributed by atoms with Gasteiger partial charge in [-0.25, -0.2) is 0 Å². The van der Waals surface area contributed by atoms with E-state index < -0.39 is 0 Å². The van der Waals surface area contributed by atoms with Crippen molar-refractivity contribution in [1.29, 1.82) is 0 Å². The number of nitrogens with zero attached hydrogens (tertiary/aromatic N) is 1. The van der Waals surface area contributed by atoms with E-state index in [1.807, 2.05) is 34.5 Å². The molecule has 0 bridgehead atoms. The fourth-order valence-corrected chi connectivity index (χ4v) is 4.67. The van der Waals surface area contributed by atoms with E-state index in [1.54, 1.807) is 23.5 Å². The highest BCUT2D eigenvalue weighted by molar-refractivity contribution is 7.10. The number of benzene rings is 1. The summed E-state index contributed by atoms with van der Waals surface area (Å²) in [4.78, 5) is 30.6. The first-order valence-corrected chi connectivity index (χ1v) is 10.3. The minimum absolute atomic E-state index is 0.101. The Balaban J connectivity index is 1.83. The number of para-hydroxylation sites is 1. The van der Waals surface area contributed by atoms with Crippen molar-refractivity contribution in [3.8, 4) is 0 Å². The van der Waals surface area contributed by atoms with Gasteiger partial charge in [-0.2, -0.15) is 0 Å². The standard InChI is InChI=1S/C21H22N2O3S/c1-3-22(4-2)11-12-23-18(16-10-7-13-27-16)17-19(24)14-8-5-6-9-15(14)26-20(17)21(23)25/h5-10,13,18H,3-4,11-12H2,1-2H3/p+1/t18-/m0/s1. The number of amides is 1. The van der Waals surface area contributed by atoms with Crippen LogP contribution in [0.3, 0.4) is 0 Å². The van der Waals surface area contributed by atoms with Crippen LogP contribution in [0.5, 0.6) is 0 Å². The quantitative estimate of drug-likeness (QED) is 0.711. The number of hydrogen-bond donors (Lipinski definition) is 1. The van der Waals surface area contributed by atoms with E-state index in [0.29, 0.717) is 23.1 Å². The number of fused-ring (bicyclic) bond motifs is 2. The Labute approximate surface area is 161 Å². The van der Waals surface area contributed by atoms with Gasteiger partial charge in [-0.05, 0) is 37.4 Å². The van der Waals surface area contributed by atoms with Gasteiger partial charge in [0.05, 0.1) is 43.2 Å². The molecule has 2 aromatic heterocycles. The highest BCUT2D eigenvalue weighted by Gasteiger charge is 2.43. The number of nitrogens with one attached hydrogen (secondary N) is 1. The predicted octanol–water partition coefficient (Wildman–Crippen LogP) is 2.32. The maximum Gasteiger partial charge on any atom is 0.291 e. The molecule has 27 heavy (non-hydrogen) atoms. The number of carbonyl (C=O) groups is 1. The molecule has 140 valence electrons. The largest absolute Gasteiger partial charge is 0.450 e. The molecule has 1 aliphatic rings. The lowest BCUT2D eigenvalue weighted by Gasteiger charge is -2.25. The van der Waals surface area contributed by atoms with Gasteiger partial charge in [-0.1, -0.05) is 18.2 Å². The topological polar surface area (TPSA) is 55.0 Å². The molecule has 0 aliphatic carbocycles. The van der Waals surface area contributed by atoms with Crippen LogP contribution in [0, 0.1) is 0 Å². The smallest absolute Gasteiger partial charge is 0.291 e. The zero-order chi connectivity index (χ0) is 19.0. The van der Waals surface area contributed by atoms with E-state index >= 15 is 0 Å². The molecule has 0 saturated heterocycles. The first kappa shape index (κ1) is 17.9. The molecule has 1 amide bonds. The van der Waals surface area contributed by atoms with Crippen LogP contribution >= 0.6 is 11.3 Å². The zero-order valence-electron chi connectivity index (χ0n) is 15.5. The SMILES string of the molecule is CC[NH+](CC)CCN1C(=O)c2oc3ccccc3c(=O)c2[C@@H]1c1cccs1. The maximum atomic E-state index is 13.2. The molecule has 0 saturated carbocycles. The van der Waals surface area contributed by atoms with Crippen LogP contribution in [0.1, 0.15) is 40.9 Å². The minimum atomic E-state index is -0.358. The van der Waals surface area contributed by atoms with Gasteiger partial charge in [0.15, 0.2) is 5.43 Å². The molecule has 0 unspecified atom stereocenters. The van der Waals surface area contributed by atoms with Crippen LogP contribution in [0.4, 0.5) is 0 Å². The summed E-state index contributed by atoms with van der Waals surface area (Å²) in [6.07, 6.45) is 0. The van der Waals surface area contributed by atoms with Gasteiger partial charge in [-0.15, -0.1) is 11.3 Å². The molecule has 0 fully saturated rings. The van der Waals surface area contributed by atoms with Crippen molar-refractivity contribution in [2.75, 3.05) is 26.2 Å². The molecule has 0 radical (unpaired) electrons. The van der Waals surface area contributed by atoms with E-state index in [4.69, 9.17) is 4.42 Å². The second-order valence-corrected chi connectivity index (χ2v) is 7.77. The van der Waals surface area contributed by atoms with Crippen molar-refractivity contribution in [3.05, 3.63) is 68.2 Å². The second kappa shape index (κ2) is 7.29. The number of hydrogen-bond acceptors (Lipinski definition) is 4. The molecule has 3 heterocycles. The van der Waals surface area contributed by atoms with Gasteiger partial charge in [0.2, 0.25) is 5.76 Å². The summed E-state index contributed by atoms with van der Waals surface area (Å²) in [6, 6.07) is 10.7. The summed E-state index contributed by atoms with van der Waals surface area (Å²) in [6.45, 7) is 7.76. The Bertz CT molecular complexity index is 1020. The highest BCUT2D eigenvalue weighted by atomic mass is 32.1. The van der Waals surface area contributed by atoms with Crippen molar-refractivity contribution < 1.29 is 14.1 Å². The van der Waals surface area contributed by atoms with Gasteiger partial charge < -0.3 is 14.2 Å². The normalized spacial score (nSPS) is 16.5. The fraction of sp³-hybridized carbons (Fsp3) is 0.333. The van der Waals surface area contributed by atoms with E-state index in [2.05, 4.69) is 13.8 Å². The molecule has 4 rings (SSSR count). The Morgan fingerprint density at radius 2 is 1.89 bits per heavy atom. The predicted molar refractivity (Wildman–Crippen MR) is 107 cm³/mol. The summed E-state index contributed by atoms with van der Waals surface area (Å²) in [5.74, 6) is 0.0180. The van der Waals surface area contributed by atoms with Gasteiger partial charge in [0.1, 0.15) is 5.58 Å². The molecular formula is C21H23N2O3S+. The monoisotopic (exact) mass is 383 g/mol. The molecule has 1 aromatic carbocycles. The second-order valence-electron chi connectivity index (χ2n) is 6.79. The van der Waals surface area contributed by atoms with Crippen LogP contribution in [0.2, 0.25) is 0 Å². The van der Waals surface area contributed by atoms with Crippen LogP contribution < -0.4 is 10.3 Å². The number of quaternary nitrogens is 1. The summed E-state index contributed by atoms with van der Waals surface area (Å²) in [5, 5.41) is 2.51. The van der Waals surface area contributed by atoms with Crippen molar-refractivity contribution in [1.82, 2.24) is 4.90 Å². The first-order valence-electron chi connectivity index (χ1n) is 9.39. The average Bonchev–Trinajstić information content (AvgIpc) is 3.30. The lowest BCUT2D eigenvalue weighted by atomic mass is 10.0. The summed E-state index contributed by atoms with van der Waals surface area (Å²) >= 11 is 1.57. The number of thiophene rings is 1. The van der Waals surface area contributed by atoms with Gasteiger partial charge >= 0.3 is 0 Å². The number of carbonyl (C=O) groups excluding carboxylic acids is 1. The molecule has 1 N–H and O–H groups in total. The van der Waals surface area contributed by atoms with Gasteiger partial charge in [0.25, 0.3) is 5.91 Å². The van der Waals surface area contributed by atoms with E-state index in [9.17, 15) is 9.59 Å². The van der Waals surface area contributed by atoms with Crippen LogP contribution in [-0.2, 0) is 0 Å². The lowest BCUT2D eigenvalue weighted by Crippen LogP contribution is -3.12. The lowest BCUT2D eigenvalue weighted by molar-refractivity contribution is -0.895. The third kappa shape index (κ3) is 2.99. The molecule has 5 nitrogen and oxygen atoms in total. The van der Waals surface area contributed by atoms with Gasteiger partial charge in [0, 0.05) is 4.88 Å². The minimum Gasteiger partial charge on any atom is -0.450 e. The summed E-state index contributed by atoms with van der Waals surface area (Å²) < 4.78 is 5.92. The first-order chi connectivity index (χ1) is 13.2. The fourth-order valence-electron chi connectivity index (χ4n) is 3.82. The van der Waals surface area contributed by atoms with Gasteiger partial charge in [-0.3, -0.25) is 9.59 Å². The Morgan fingerprint density at radius 3 is 2.59 bits per heavy atom. The van der Waals surface area contributed by atoms with Crippen molar-refractivity contribution in [3.63, 3.8) is 0 Å². The third-order valence-electron chi connectivity index (χ3n) is 5.39. The number of rotatable bonds is 6. The highest BCUT2D eigenvalue weighted by Crippen LogP contribution is 2.39. The number of likely N-dealkylation sites (N-methyl/N-ethyl adjacent to an activating group) is 1. The van der Waals surface area contributed by atoms with Crippen LogP contribution in [0.25, 0.3) is 11.0 Å². The van der Waals surface area contributed by atoms with Crippen LogP contribution in [0.15, 0.2) is 51.0 Å². The average molecular weight is 383 g/mol.